The molecule has 0 spiro atoms. The van der Waals surface area contributed by atoms with E-state index in [-0.39, 0.29) is 0 Å². The number of ether oxygens (including phenoxy) is 1. The lowest BCUT2D eigenvalue weighted by Crippen LogP contribution is -2.25. The van der Waals surface area contributed by atoms with Gasteiger partial charge in [-0.3, -0.25) is 0 Å². The Balaban J connectivity index is 3.15. The van der Waals surface area contributed by atoms with Crippen molar-refractivity contribution in [1.82, 2.24) is 9.80 Å². The van der Waals surface area contributed by atoms with Crippen LogP contribution >= 0.6 is 0 Å². The minimum Gasteiger partial charge on any atom is -0.379 e. The lowest BCUT2D eigenvalue weighted by molar-refractivity contribution is 0.0993. The lowest BCUT2D eigenvalue weighted by atomic mass is 10.4. The Kier molecular flexibility index (Phi) is 8.54. The van der Waals surface area contributed by atoms with Crippen LogP contribution in [0.3, 0.4) is 0 Å². The normalized spacial score (nSPS) is 10.9. The van der Waals surface area contributed by atoms with E-state index >= 15 is 0 Å². The smallest absolute Gasteiger partial charge is 0.0635 e. The maximum absolute atomic E-state index is 8.37. The summed E-state index contributed by atoms with van der Waals surface area (Å²) in [5, 5.41) is 8.37. The van der Waals surface area contributed by atoms with Crippen molar-refractivity contribution in [3.63, 3.8) is 0 Å². The summed E-state index contributed by atoms with van der Waals surface area (Å²) in [6, 6.07) is 2.13. The predicted molar refractivity (Wildman–Crippen MR) is 57.1 cm³/mol. The highest BCUT2D eigenvalue weighted by Gasteiger charge is 1.97. The quantitative estimate of drug-likeness (QED) is 0.531. The largest absolute Gasteiger partial charge is 0.379 e. The summed E-state index contributed by atoms with van der Waals surface area (Å²) in [4.78, 5) is 4.21. The van der Waals surface area contributed by atoms with Crippen LogP contribution in [0.1, 0.15) is 6.42 Å². The van der Waals surface area contributed by atoms with Crippen LogP contribution in [0.25, 0.3) is 0 Å². The van der Waals surface area contributed by atoms with Crippen molar-refractivity contribution in [1.29, 1.82) is 5.26 Å². The van der Waals surface area contributed by atoms with Gasteiger partial charge in [-0.05, 0) is 21.1 Å². The summed E-state index contributed by atoms with van der Waals surface area (Å²) in [6.45, 7) is 4.21. The molecule has 0 aliphatic rings. The highest BCUT2D eigenvalue weighted by molar-refractivity contribution is 4.70. The molecule has 0 aromatic heterocycles. The van der Waals surface area contributed by atoms with Crippen molar-refractivity contribution < 1.29 is 4.74 Å². The van der Waals surface area contributed by atoms with Crippen LogP contribution in [-0.4, -0.2) is 63.8 Å². The van der Waals surface area contributed by atoms with Gasteiger partial charge >= 0.3 is 0 Å². The summed E-state index contributed by atoms with van der Waals surface area (Å²) in [5.74, 6) is 0. The van der Waals surface area contributed by atoms with Gasteiger partial charge in [0, 0.05) is 26.1 Å². The van der Waals surface area contributed by atoms with Crippen LogP contribution in [0.4, 0.5) is 0 Å². The van der Waals surface area contributed by atoms with E-state index in [4.69, 9.17) is 10.00 Å². The van der Waals surface area contributed by atoms with Crippen LogP contribution in [0.15, 0.2) is 0 Å². The summed E-state index contributed by atoms with van der Waals surface area (Å²) in [6.07, 6.45) is 0.591. The average Bonchev–Trinajstić information content (AvgIpc) is 2.13. The van der Waals surface area contributed by atoms with Crippen LogP contribution in [0, 0.1) is 11.3 Å². The first-order chi connectivity index (χ1) is 6.66. The summed E-state index contributed by atoms with van der Waals surface area (Å²) in [5.41, 5.74) is 0. The van der Waals surface area contributed by atoms with Crippen LogP contribution in [0.2, 0.25) is 0 Å². The Bertz CT molecular complexity index is 165. The van der Waals surface area contributed by atoms with E-state index in [1.807, 2.05) is 21.1 Å². The Morgan fingerprint density at radius 2 is 1.71 bits per heavy atom. The first-order valence-electron chi connectivity index (χ1n) is 4.94. The first-order valence-corrected chi connectivity index (χ1v) is 4.94. The zero-order valence-electron chi connectivity index (χ0n) is 9.49. The number of likely N-dealkylation sites (N-methyl/N-ethyl adjacent to an activating group) is 2. The van der Waals surface area contributed by atoms with Crippen molar-refractivity contribution in [2.24, 2.45) is 0 Å². The Hall–Kier alpha value is -0.630. The fraction of sp³-hybridized carbons (Fsp3) is 0.900. The minimum absolute atomic E-state index is 0.591. The number of rotatable bonds is 8. The van der Waals surface area contributed by atoms with Crippen molar-refractivity contribution >= 4 is 0 Å². The predicted octanol–water partition coefficient (Wildman–Crippen LogP) is 0.410. The lowest BCUT2D eigenvalue weighted by Gasteiger charge is -2.15. The summed E-state index contributed by atoms with van der Waals surface area (Å²) in [7, 11) is 6.07. The second kappa shape index (κ2) is 8.95. The van der Waals surface area contributed by atoms with Crippen molar-refractivity contribution in [2.45, 2.75) is 6.42 Å². The molecule has 0 bridgehead atoms. The van der Waals surface area contributed by atoms with Gasteiger partial charge in [0.15, 0.2) is 0 Å². The van der Waals surface area contributed by atoms with E-state index in [9.17, 15) is 0 Å². The molecule has 0 aromatic rings. The highest BCUT2D eigenvalue weighted by atomic mass is 16.5. The molecular weight excluding hydrogens is 178 g/mol. The average molecular weight is 199 g/mol. The fourth-order valence-electron chi connectivity index (χ4n) is 0.922. The zero-order chi connectivity index (χ0) is 10.8. The van der Waals surface area contributed by atoms with E-state index in [0.717, 1.165) is 32.8 Å². The molecule has 4 heteroatoms. The number of nitriles is 1. The Morgan fingerprint density at radius 3 is 2.29 bits per heavy atom. The maximum atomic E-state index is 8.37. The molecule has 0 aliphatic heterocycles. The third-order valence-corrected chi connectivity index (χ3v) is 1.91. The minimum atomic E-state index is 0.591. The van der Waals surface area contributed by atoms with E-state index in [0.29, 0.717) is 6.42 Å². The zero-order valence-corrected chi connectivity index (χ0v) is 9.49. The van der Waals surface area contributed by atoms with Gasteiger partial charge in [0.2, 0.25) is 0 Å². The molecule has 0 rings (SSSR count). The molecule has 0 saturated carbocycles. The van der Waals surface area contributed by atoms with E-state index < -0.39 is 0 Å². The second-order valence-electron chi connectivity index (χ2n) is 3.63. The number of nitrogens with zero attached hydrogens (tertiary/aromatic N) is 3. The molecular formula is C10H21N3O. The van der Waals surface area contributed by atoms with Gasteiger partial charge in [-0.15, -0.1) is 0 Å². The molecule has 0 atom stereocenters. The van der Waals surface area contributed by atoms with Crippen LogP contribution in [-0.2, 0) is 4.74 Å². The topological polar surface area (TPSA) is 39.5 Å². The molecule has 0 N–H and O–H groups in total. The van der Waals surface area contributed by atoms with Gasteiger partial charge in [0.25, 0.3) is 0 Å². The molecule has 0 saturated heterocycles. The number of hydrogen-bond donors (Lipinski definition) is 0. The third kappa shape index (κ3) is 9.46. The van der Waals surface area contributed by atoms with Crippen molar-refractivity contribution in [2.75, 3.05) is 54.0 Å². The van der Waals surface area contributed by atoms with Crippen LogP contribution < -0.4 is 0 Å². The van der Waals surface area contributed by atoms with E-state index in [2.05, 4.69) is 15.9 Å². The molecule has 0 radical (unpaired) electrons. The molecule has 0 unspecified atom stereocenters. The Morgan fingerprint density at radius 1 is 1.07 bits per heavy atom. The van der Waals surface area contributed by atoms with Gasteiger partial charge in [-0.2, -0.15) is 5.26 Å². The van der Waals surface area contributed by atoms with Crippen LogP contribution in [0.5, 0.6) is 0 Å². The maximum Gasteiger partial charge on any atom is 0.0635 e. The highest BCUT2D eigenvalue weighted by Crippen LogP contribution is 1.86. The van der Waals surface area contributed by atoms with Gasteiger partial charge in [-0.1, -0.05) is 0 Å². The molecule has 0 fully saturated rings. The first kappa shape index (κ1) is 13.4. The Labute approximate surface area is 87.0 Å². The van der Waals surface area contributed by atoms with E-state index in [1.165, 1.54) is 0 Å². The second-order valence-corrected chi connectivity index (χ2v) is 3.63. The van der Waals surface area contributed by atoms with Gasteiger partial charge in [0.05, 0.1) is 19.3 Å². The van der Waals surface area contributed by atoms with Gasteiger partial charge in [0.1, 0.15) is 0 Å². The molecule has 0 heterocycles. The summed E-state index contributed by atoms with van der Waals surface area (Å²) < 4.78 is 5.43. The van der Waals surface area contributed by atoms with Crippen molar-refractivity contribution in [3.05, 3.63) is 0 Å². The number of hydrogen-bond acceptors (Lipinski definition) is 4. The van der Waals surface area contributed by atoms with Gasteiger partial charge in [-0.25, -0.2) is 0 Å². The van der Waals surface area contributed by atoms with Gasteiger partial charge < -0.3 is 14.5 Å². The standard InChI is InChI=1S/C10H21N3O/c1-12(2)7-9-14-10-8-13(3)6-4-5-11/h4,6-10H2,1-3H3. The third-order valence-electron chi connectivity index (χ3n) is 1.91. The molecule has 14 heavy (non-hydrogen) atoms. The molecule has 0 aliphatic carbocycles. The molecule has 0 amide bonds. The molecule has 0 aromatic carbocycles. The molecule has 4 nitrogen and oxygen atoms in total. The fourth-order valence-corrected chi connectivity index (χ4v) is 0.922. The van der Waals surface area contributed by atoms with E-state index in [1.54, 1.807) is 0 Å². The molecule has 82 valence electrons. The summed E-state index contributed by atoms with van der Waals surface area (Å²) >= 11 is 0. The monoisotopic (exact) mass is 199 g/mol. The SMILES string of the molecule is CN(C)CCOCCN(C)CCC#N. The van der Waals surface area contributed by atoms with Crippen molar-refractivity contribution in [3.8, 4) is 6.07 Å².